The number of nitro benzene ring substituents is 1. The van der Waals surface area contributed by atoms with Crippen LogP contribution in [0.4, 0.5) is 5.69 Å². The van der Waals surface area contributed by atoms with E-state index in [0.29, 0.717) is 36.6 Å². The maximum Gasteiger partial charge on any atom is 0.307 e. The first-order chi connectivity index (χ1) is 10.0. The van der Waals surface area contributed by atoms with Crippen LogP contribution in [-0.2, 0) is 17.8 Å². The molecule has 1 atom stereocenters. The van der Waals surface area contributed by atoms with Gasteiger partial charge >= 0.3 is 5.97 Å². The molecule has 2 aromatic rings. The van der Waals surface area contributed by atoms with Crippen molar-refractivity contribution in [2.75, 3.05) is 0 Å². The Balaban J connectivity index is 1.88. The molecule has 3 rings (SSSR count). The Bertz CT molecular complexity index is 707. The van der Waals surface area contributed by atoms with E-state index in [2.05, 4.69) is 10.1 Å². The standard InChI is InChI=1S/C13H12N4O4/c18-13(19)9-5-6-16-11(7-9)14-12(15-16)8-1-3-10(4-2-8)17(20)21/h1-4,9H,5-7H2,(H,18,19). The number of hydrogen-bond acceptors (Lipinski definition) is 5. The monoisotopic (exact) mass is 288 g/mol. The fourth-order valence-corrected chi connectivity index (χ4v) is 2.37. The average molecular weight is 288 g/mol. The van der Waals surface area contributed by atoms with Crippen LogP contribution in [0.3, 0.4) is 0 Å². The van der Waals surface area contributed by atoms with Crippen LogP contribution in [0.15, 0.2) is 24.3 Å². The van der Waals surface area contributed by atoms with E-state index >= 15 is 0 Å². The van der Waals surface area contributed by atoms with Crippen LogP contribution in [0.5, 0.6) is 0 Å². The van der Waals surface area contributed by atoms with Gasteiger partial charge in [0.25, 0.3) is 5.69 Å². The summed E-state index contributed by atoms with van der Waals surface area (Å²) in [6.07, 6.45) is 0.890. The van der Waals surface area contributed by atoms with Crippen LogP contribution in [-0.4, -0.2) is 30.8 Å². The minimum Gasteiger partial charge on any atom is -0.481 e. The third-order valence-electron chi connectivity index (χ3n) is 3.55. The highest BCUT2D eigenvalue weighted by Gasteiger charge is 2.27. The Labute approximate surface area is 119 Å². The van der Waals surface area contributed by atoms with E-state index in [4.69, 9.17) is 5.11 Å². The lowest BCUT2D eigenvalue weighted by molar-refractivity contribution is -0.384. The maximum atomic E-state index is 11.0. The zero-order valence-electron chi connectivity index (χ0n) is 11.0. The first-order valence-electron chi connectivity index (χ1n) is 6.46. The number of carboxylic acid groups (broad SMARTS) is 1. The lowest BCUT2D eigenvalue weighted by Gasteiger charge is -2.17. The molecule has 0 spiro atoms. The Morgan fingerprint density at radius 1 is 1.38 bits per heavy atom. The van der Waals surface area contributed by atoms with Gasteiger partial charge in [0.2, 0.25) is 0 Å². The number of aliphatic carboxylic acids is 1. The molecular formula is C13H12N4O4. The van der Waals surface area contributed by atoms with Crippen molar-refractivity contribution in [1.29, 1.82) is 0 Å². The van der Waals surface area contributed by atoms with Gasteiger partial charge in [-0.1, -0.05) is 0 Å². The molecule has 0 aliphatic carbocycles. The van der Waals surface area contributed by atoms with Gasteiger partial charge in [-0.25, -0.2) is 9.67 Å². The summed E-state index contributed by atoms with van der Waals surface area (Å²) >= 11 is 0. The Morgan fingerprint density at radius 3 is 2.71 bits per heavy atom. The SMILES string of the molecule is O=C(O)C1CCn2nc(-c3ccc([N+](=O)[O-])cc3)nc2C1. The van der Waals surface area contributed by atoms with Gasteiger partial charge in [-0.05, 0) is 18.6 Å². The number of fused-ring (bicyclic) bond motifs is 1. The topological polar surface area (TPSA) is 111 Å². The number of aryl methyl sites for hydroxylation is 1. The zero-order chi connectivity index (χ0) is 15.0. The van der Waals surface area contributed by atoms with Gasteiger partial charge in [0.15, 0.2) is 5.82 Å². The molecule has 0 fully saturated rings. The molecule has 1 N–H and O–H groups in total. The lowest BCUT2D eigenvalue weighted by Crippen LogP contribution is -2.26. The minimum absolute atomic E-state index is 0.00802. The van der Waals surface area contributed by atoms with Crippen molar-refractivity contribution in [2.45, 2.75) is 19.4 Å². The molecule has 108 valence electrons. The predicted molar refractivity (Wildman–Crippen MR) is 71.6 cm³/mol. The predicted octanol–water partition coefficient (Wildman–Crippen LogP) is 1.50. The average Bonchev–Trinajstić information content (AvgIpc) is 2.90. The van der Waals surface area contributed by atoms with Crippen molar-refractivity contribution >= 4 is 11.7 Å². The molecule has 21 heavy (non-hydrogen) atoms. The molecule has 8 nitrogen and oxygen atoms in total. The number of carbonyl (C=O) groups is 1. The van der Waals surface area contributed by atoms with Gasteiger partial charge < -0.3 is 5.11 Å². The van der Waals surface area contributed by atoms with Gasteiger partial charge in [-0.2, -0.15) is 5.10 Å². The molecule has 1 aliphatic rings. The molecule has 0 bridgehead atoms. The maximum absolute atomic E-state index is 11.0. The van der Waals surface area contributed by atoms with Crippen molar-refractivity contribution in [3.8, 4) is 11.4 Å². The molecule has 1 aliphatic heterocycles. The van der Waals surface area contributed by atoms with Crippen LogP contribution < -0.4 is 0 Å². The highest BCUT2D eigenvalue weighted by molar-refractivity contribution is 5.70. The van der Waals surface area contributed by atoms with Gasteiger partial charge in [-0.15, -0.1) is 0 Å². The number of rotatable bonds is 3. The van der Waals surface area contributed by atoms with Crippen molar-refractivity contribution in [3.05, 3.63) is 40.2 Å². The Kier molecular flexibility index (Phi) is 3.13. The zero-order valence-corrected chi connectivity index (χ0v) is 11.0. The summed E-state index contributed by atoms with van der Waals surface area (Å²) < 4.78 is 1.70. The van der Waals surface area contributed by atoms with E-state index in [0.717, 1.165) is 0 Å². The van der Waals surface area contributed by atoms with E-state index in [9.17, 15) is 14.9 Å². The molecule has 1 unspecified atom stereocenters. The quantitative estimate of drug-likeness (QED) is 0.676. The molecule has 1 aromatic heterocycles. The molecular weight excluding hydrogens is 276 g/mol. The minimum atomic E-state index is -0.818. The normalized spacial score (nSPS) is 17.2. The van der Waals surface area contributed by atoms with Crippen molar-refractivity contribution in [2.24, 2.45) is 5.92 Å². The van der Waals surface area contributed by atoms with Gasteiger partial charge in [-0.3, -0.25) is 14.9 Å². The second kappa shape index (κ2) is 4.97. The largest absolute Gasteiger partial charge is 0.481 e. The third-order valence-corrected chi connectivity index (χ3v) is 3.55. The van der Waals surface area contributed by atoms with E-state index in [1.165, 1.54) is 12.1 Å². The molecule has 0 radical (unpaired) electrons. The van der Waals surface area contributed by atoms with Crippen LogP contribution in [0, 0.1) is 16.0 Å². The summed E-state index contributed by atoms with van der Waals surface area (Å²) in [4.78, 5) is 25.5. The summed E-state index contributed by atoms with van der Waals surface area (Å²) in [6.45, 7) is 0.520. The van der Waals surface area contributed by atoms with E-state index < -0.39 is 16.8 Å². The molecule has 0 saturated carbocycles. The number of aromatic nitrogens is 3. The van der Waals surface area contributed by atoms with Gasteiger partial charge in [0.1, 0.15) is 5.82 Å². The Hall–Kier alpha value is -2.77. The third kappa shape index (κ3) is 2.47. The smallest absolute Gasteiger partial charge is 0.307 e. The number of non-ortho nitro benzene ring substituents is 1. The van der Waals surface area contributed by atoms with E-state index in [1.807, 2.05) is 0 Å². The van der Waals surface area contributed by atoms with Crippen LogP contribution in [0.2, 0.25) is 0 Å². The summed E-state index contributed by atoms with van der Waals surface area (Å²) in [5.41, 5.74) is 0.683. The van der Waals surface area contributed by atoms with Crippen LogP contribution in [0.1, 0.15) is 12.2 Å². The summed E-state index contributed by atoms with van der Waals surface area (Å²) in [6, 6.07) is 5.98. The van der Waals surface area contributed by atoms with Crippen molar-refractivity contribution < 1.29 is 14.8 Å². The summed E-state index contributed by atoms with van der Waals surface area (Å²) in [5.74, 6) is -0.138. The summed E-state index contributed by atoms with van der Waals surface area (Å²) in [5, 5.41) is 24.0. The van der Waals surface area contributed by atoms with Gasteiger partial charge in [0, 0.05) is 30.7 Å². The number of nitro groups is 1. The highest BCUT2D eigenvalue weighted by atomic mass is 16.6. The van der Waals surface area contributed by atoms with Crippen LogP contribution in [0.25, 0.3) is 11.4 Å². The fourth-order valence-electron chi connectivity index (χ4n) is 2.37. The molecule has 8 heteroatoms. The lowest BCUT2D eigenvalue weighted by atomic mass is 9.98. The highest BCUT2D eigenvalue weighted by Crippen LogP contribution is 2.24. The second-order valence-corrected chi connectivity index (χ2v) is 4.91. The molecule has 0 amide bonds. The number of hydrogen-bond donors (Lipinski definition) is 1. The molecule has 2 heterocycles. The van der Waals surface area contributed by atoms with E-state index in [-0.39, 0.29) is 5.69 Å². The van der Waals surface area contributed by atoms with Gasteiger partial charge in [0.05, 0.1) is 10.8 Å². The number of nitrogens with zero attached hydrogens (tertiary/aromatic N) is 4. The van der Waals surface area contributed by atoms with Crippen LogP contribution >= 0.6 is 0 Å². The summed E-state index contributed by atoms with van der Waals surface area (Å²) in [7, 11) is 0. The molecule has 1 aromatic carbocycles. The first kappa shape index (κ1) is 13.2. The van der Waals surface area contributed by atoms with Crippen molar-refractivity contribution in [1.82, 2.24) is 14.8 Å². The molecule has 0 saturated heterocycles. The van der Waals surface area contributed by atoms with Crippen molar-refractivity contribution in [3.63, 3.8) is 0 Å². The fraction of sp³-hybridized carbons (Fsp3) is 0.308. The number of benzene rings is 1. The second-order valence-electron chi connectivity index (χ2n) is 4.91. The first-order valence-corrected chi connectivity index (χ1v) is 6.46. The Morgan fingerprint density at radius 2 is 2.10 bits per heavy atom. The number of carboxylic acids is 1. The van der Waals surface area contributed by atoms with E-state index in [1.54, 1.807) is 16.8 Å².